The van der Waals surface area contributed by atoms with Gasteiger partial charge in [0.2, 0.25) is 0 Å². The van der Waals surface area contributed by atoms with Crippen molar-refractivity contribution in [2.45, 2.75) is 13.0 Å². The Morgan fingerprint density at radius 1 is 1.33 bits per heavy atom. The SMILES string of the molecule is CCOC(COCCOCCO)c1[nH]cc[n+]1C. The van der Waals surface area contributed by atoms with Crippen molar-refractivity contribution in [3.8, 4) is 0 Å². The number of aromatic nitrogens is 2. The van der Waals surface area contributed by atoms with Crippen molar-refractivity contribution in [2.24, 2.45) is 7.05 Å². The Balaban J connectivity index is 2.29. The van der Waals surface area contributed by atoms with Crippen LogP contribution in [-0.4, -0.2) is 49.7 Å². The van der Waals surface area contributed by atoms with E-state index >= 15 is 0 Å². The monoisotopic (exact) mass is 259 g/mol. The van der Waals surface area contributed by atoms with Crippen molar-refractivity contribution < 1.29 is 23.9 Å². The van der Waals surface area contributed by atoms with Gasteiger partial charge in [0.1, 0.15) is 12.4 Å². The van der Waals surface area contributed by atoms with Crippen molar-refractivity contribution >= 4 is 0 Å². The van der Waals surface area contributed by atoms with Gasteiger partial charge in [0.15, 0.2) is 6.10 Å². The predicted molar refractivity (Wildman–Crippen MR) is 65.1 cm³/mol. The molecule has 6 nitrogen and oxygen atoms in total. The Morgan fingerprint density at radius 2 is 2.11 bits per heavy atom. The molecule has 0 saturated heterocycles. The second kappa shape index (κ2) is 9.04. The molecule has 18 heavy (non-hydrogen) atoms. The van der Waals surface area contributed by atoms with Gasteiger partial charge in [-0.1, -0.05) is 0 Å². The number of H-pyrrole nitrogens is 1. The van der Waals surface area contributed by atoms with E-state index < -0.39 is 0 Å². The lowest BCUT2D eigenvalue weighted by Crippen LogP contribution is -2.34. The Hall–Kier alpha value is -0.950. The average Bonchev–Trinajstić information content (AvgIpc) is 2.78. The molecule has 0 aliphatic carbocycles. The van der Waals surface area contributed by atoms with Gasteiger partial charge in [-0.15, -0.1) is 0 Å². The maximum atomic E-state index is 8.54. The average molecular weight is 259 g/mol. The molecule has 0 aliphatic rings. The summed E-state index contributed by atoms with van der Waals surface area (Å²) in [6.07, 6.45) is 3.70. The standard InChI is InChI=1S/C12H22N2O4/c1-3-18-11(12-13-4-5-14(12)2)10-17-9-8-16-7-6-15/h4-5,11,15H,3,6-10H2,1-2H3/p+1. The van der Waals surface area contributed by atoms with Crippen LogP contribution in [-0.2, 0) is 21.3 Å². The van der Waals surface area contributed by atoms with Crippen LogP contribution in [0.1, 0.15) is 18.9 Å². The predicted octanol–water partition coefficient (Wildman–Crippen LogP) is -0.0577. The van der Waals surface area contributed by atoms with Gasteiger partial charge in [-0.3, -0.25) is 0 Å². The molecule has 1 heterocycles. The van der Waals surface area contributed by atoms with E-state index in [1.807, 2.05) is 30.9 Å². The summed E-state index contributed by atoms with van der Waals surface area (Å²) in [6, 6.07) is 0. The van der Waals surface area contributed by atoms with E-state index in [4.69, 9.17) is 19.3 Å². The summed E-state index contributed by atoms with van der Waals surface area (Å²) in [5, 5.41) is 8.54. The highest BCUT2D eigenvalue weighted by molar-refractivity contribution is 4.84. The van der Waals surface area contributed by atoms with E-state index in [0.29, 0.717) is 33.0 Å². The number of ether oxygens (including phenoxy) is 3. The van der Waals surface area contributed by atoms with Crippen LogP contribution in [0.15, 0.2) is 12.4 Å². The molecule has 0 spiro atoms. The first kappa shape index (κ1) is 15.1. The Kier molecular flexibility index (Phi) is 7.59. The van der Waals surface area contributed by atoms with Gasteiger partial charge in [-0.25, -0.2) is 9.55 Å². The number of imidazole rings is 1. The highest BCUT2D eigenvalue weighted by Gasteiger charge is 2.21. The van der Waals surface area contributed by atoms with Crippen LogP contribution in [0.5, 0.6) is 0 Å². The number of nitrogens with zero attached hydrogens (tertiary/aromatic N) is 1. The van der Waals surface area contributed by atoms with E-state index in [0.717, 1.165) is 5.82 Å². The molecule has 1 rings (SSSR count). The topological polar surface area (TPSA) is 67.6 Å². The molecule has 0 bridgehead atoms. The van der Waals surface area contributed by atoms with Crippen LogP contribution < -0.4 is 4.57 Å². The van der Waals surface area contributed by atoms with Crippen LogP contribution in [0, 0.1) is 0 Å². The van der Waals surface area contributed by atoms with E-state index in [9.17, 15) is 0 Å². The first-order chi connectivity index (χ1) is 8.79. The lowest BCUT2D eigenvalue weighted by molar-refractivity contribution is -0.682. The van der Waals surface area contributed by atoms with E-state index in [1.165, 1.54) is 0 Å². The molecule has 0 radical (unpaired) electrons. The van der Waals surface area contributed by atoms with E-state index in [-0.39, 0.29) is 12.7 Å². The summed E-state index contributed by atoms with van der Waals surface area (Å²) >= 11 is 0. The summed E-state index contributed by atoms with van der Waals surface area (Å²) in [5.41, 5.74) is 0. The van der Waals surface area contributed by atoms with Crippen LogP contribution in [0.25, 0.3) is 0 Å². The molecular weight excluding hydrogens is 236 g/mol. The van der Waals surface area contributed by atoms with Crippen LogP contribution in [0.4, 0.5) is 0 Å². The molecule has 6 heteroatoms. The summed E-state index contributed by atoms with van der Waals surface area (Å²) in [7, 11) is 1.96. The lowest BCUT2D eigenvalue weighted by atomic mass is 10.3. The minimum absolute atomic E-state index is 0.0415. The molecule has 1 unspecified atom stereocenters. The van der Waals surface area contributed by atoms with Crippen LogP contribution in [0.2, 0.25) is 0 Å². The molecule has 2 N–H and O–H groups in total. The van der Waals surface area contributed by atoms with Gasteiger partial charge in [-0.2, -0.15) is 0 Å². The fourth-order valence-corrected chi connectivity index (χ4v) is 1.62. The van der Waals surface area contributed by atoms with Crippen molar-refractivity contribution in [1.29, 1.82) is 0 Å². The first-order valence-corrected chi connectivity index (χ1v) is 6.20. The van der Waals surface area contributed by atoms with Gasteiger partial charge in [-0.05, 0) is 6.92 Å². The summed E-state index contributed by atoms with van der Waals surface area (Å²) in [5.74, 6) is 0.980. The number of aliphatic hydroxyl groups excluding tert-OH is 1. The van der Waals surface area contributed by atoms with Gasteiger partial charge >= 0.3 is 0 Å². The van der Waals surface area contributed by atoms with E-state index in [1.54, 1.807) is 0 Å². The number of aromatic amines is 1. The Bertz CT molecular complexity index is 317. The number of hydrogen-bond donors (Lipinski definition) is 2. The molecule has 1 atom stereocenters. The third-order valence-corrected chi connectivity index (χ3v) is 2.46. The summed E-state index contributed by atoms with van der Waals surface area (Å²) in [4.78, 5) is 3.15. The normalized spacial score (nSPS) is 12.8. The Morgan fingerprint density at radius 3 is 2.72 bits per heavy atom. The molecular formula is C12H23N2O4+. The minimum Gasteiger partial charge on any atom is -0.394 e. The zero-order valence-electron chi connectivity index (χ0n) is 11.1. The summed E-state index contributed by atoms with van der Waals surface area (Å²) < 4.78 is 18.2. The van der Waals surface area contributed by atoms with E-state index in [2.05, 4.69) is 4.98 Å². The molecule has 0 saturated carbocycles. The molecule has 104 valence electrons. The van der Waals surface area contributed by atoms with Gasteiger partial charge in [0, 0.05) is 6.61 Å². The van der Waals surface area contributed by atoms with Crippen molar-refractivity contribution in [3.63, 3.8) is 0 Å². The largest absolute Gasteiger partial charge is 0.394 e. The number of rotatable bonds is 10. The van der Waals surface area contributed by atoms with Gasteiger partial charge in [0.25, 0.3) is 5.82 Å². The van der Waals surface area contributed by atoms with Crippen molar-refractivity contribution in [3.05, 3.63) is 18.2 Å². The molecule has 0 aromatic carbocycles. The number of aliphatic hydroxyl groups is 1. The highest BCUT2D eigenvalue weighted by Crippen LogP contribution is 2.11. The highest BCUT2D eigenvalue weighted by atomic mass is 16.5. The minimum atomic E-state index is -0.104. The first-order valence-electron chi connectivity index (χ1n) is 6.20. The molecule has 0 fully saturated rings. The van der Waals surface area contributed by atoms with Gasteiger partial charge in [0.05, 0.1) is 40.1 Å². The second-order valence-electron chi connectivity index (χ2n) is 3.81. The third-order valence-electron chi connectivity index (χ3n) is 2.46. The number of hydrogen-bond acceptors (Lipinski definition) is 4. The maximum absolute atomic E-state index is 8.54. The molecule has 1 aromatic rings. The maximum Gasteiger partial charge on any atom is 0.286 e. The summed E-state index contributed by atoms with van der Waals surface area (Å²) in [6.45, 7) is 4.44. The smallest absolute Gasteiger partial charge is 0.286 e. The number of nitrogens with one attached hydrogen (secondary N) is 1. The second-order valence-corrected chi connectivity index (χ2v) is 3.81. The van der Waals surface area contributed by atoms with Crippen molar-refractivity contribution in [1.82, 2.24) is 4.98 Å². The van der Waals surface area contributed by atoms with Crippen LogP contribution in [0.3, 0.4) is 0 Å². The van der Waals surface area contributed by atoms with Crippen molar-refractivity contribution in [2.75, 3.05) is 39.6 Å². The fraction of sp³-hybridized carbons (Fsp3) is 0.750. The van der Waals surface area contributed by atoms with Gasteiger partial charge < -0.3 is 19.3 Å². The van der Waals surface area contributed by atoms with Crippen LogP contribution >= 0.6 is 0 Å². The lowest BCUT2D eigenvalue weighted by Gasteiger charge is -2.13. The fourth-order valence-electron chi connectivity index (χ4n) is 1.62. The third kappa shape index (κ3) is 5.14. The molecule has 0 aliphatic heterocycles. The molecule has 1 aromatic heterocycles. The number of aryl methyl sites for hydroxylation is 1. The Labute approximate surface area is 107 Å². The quantitative estimate of drug-likeness (QED) is 0.456. The zero-order chi connectivity index (χ0) is 13.2. The zero-order valence-corrected chi connectivity index (χ0v) is 11.1. The molecule has 0 amide bonds.